The molecule has 0 saturated heterocycles. The van der Waals surface area contributed by atoms with E-state index in [1.807, 2.05) is 6.07 Å². The highest BCUT2D eigenvalue weighted by Gasteiger charge is 2.09. The summed E-state index contributed by atoms with van der Waals surface area (Å²) in [5.41, 5.74) is 6.48. The van der Waals surface area contributed by atoms with Crippen LogP contribution in [-0.2, 0) is 0 Å². The number of hydrogen-bond donors (Lipinski definition) is 1. The quantitative estimate of drug-likeness (QED) is 0.910. The lowest BCUT2D eigenvalue weighted by Crippen LogP contribution is -1.90. The van der Waals surface area contributed by atoms with E-state index >= 15 is 0 Å². The van der Waals surface area contributed by atoms with E-state index in [4.69, 9.17) is 5.73 Å². The van der Waals surface area contributed by atoms with Crippen molar-refractivity contribution in [2.45, 2.75) is 29.0 Å². The normalized spacial score (nSPS) is 10.9. The topological polar surface area (TPSA) is 64.7 Å². The lowest BCUT2D eigenvalue weighted by molar-refractivity contribution is 0.789. The number of nitrogens with two attached hydrogens (primary N) is 1. The molecule has 6 heteroatoms. The van der Waals surface area contributed by atoms with Gasteiger partial charge < -0.3 is 5.73 Å². The number of nitrogen functional groups attached to an aromatic ring is 1. The zero-order valence-corrected chi connectivity index (χ0v) is 10.7. The van der Waals surface area contributed by atoms with Crippen LogP contribution >= 0.6 is 23.3 Å². The van der Waals surface area contributed by atoms with Crippen LogP contribution in [0, 0.1) is 0 Å². The summed E-state index contributed by atoms with van der Waals surface area (Å²) in [6, 6.07) is 1.89. The molecule has 0 amide bonds. The molecule has 0 atom stereocenters. The Hall–Kier alpha value is -1.14. The van der Waals surface area contributed by atoms with Gasteiger partial charge in [0, 0.05) is 17.0 Å². The Morgan fingerprint density at radius 1 is 1.44 bits per heavy atom. The van der Waals surface area contributed by atoms with Crippen molar-refractivity contribution < 1.29 is 0 Å². The van der Waals surface area contributed by atoms with Gasteiger partial charge in [-0.05, 0) is 17.6 Å². The van der Waals surface area contributed by atoms with Crippen molar-refractivity contribution in [3.05, 3.63) is 24.3 Å². The molecule has 4 nitrogen and oxygen atoms in total. The second-order valence-electron chi connectivity index (χ2n) is 3.59. The summed E-state index contributed by atoms with van der Waals surface area (Å²) in [5.74, 6) is 1.25. The summed E-state index contributed by atoms with van der Waals surface area (Å²) < 4.78 is 5.21. The second-order valence-corrected chi connectivity index (χ2v) is 5.63. The van der Waals surface area contributed by atoms with Crippen LogP contribution in [-0.4, -0.2) is 14.3 Å². The molecule has 0 aromatic carbocycles. The maximum absolute atomic E-state index is 5.81. The first-order chi connectivity index (χ1) is 7.66. The van der Waals surface area contributed by atoms with Gasteiger partial charge in [0.05, 0.1) is 11.9 Å². The number of pyridine rings is 1. The monoisotopic (exact) mass is 252 g/mol. The van der Waals surface area contributed by atoms with Crippen LogP contribution in [0.15, 0.2) is 27.7 Å². The maximum Gasteiger partial charge on any atom is 0.174 e. The third-order valence-corrected chi connectivity index (χ3v) is 3.80. The lowest BCUT2D eigenvalue weighted by atomic mass is 10.2. The van der Waals surface area contributed by atoms with Crippen molar-refractivity contribution in [1.29, 1.82) is 0 Å². The molecule has 0 aliphatic carbocycles. The SMILES string of the molecule is CC(C)c1nsc(Sc2ccncc2N)n1. The molecular weight excluding hydrogens is 240 g/mol. The van der Waals surface area contributed by atoms with Gasteiger partial charge in [0.1, 0.15) is 5.82 Å². The van der Waals surface area contributed by atoms with Crippen molar-refractivity contribution in [3.63, 3.8) is 0 Å². The number of rotatable bonds is 3. The average Bonchev–Trinajstić information content (AvgIpc) is 2.70. The Bertz CT molecular complexity index is 481. The minimum atomic E-state index is 0.361. The van der Waals surface area contributed by atoms with Crippen molar-refractivity contribution in [2.75, 3.05) is 5.73 Å². The number of anilines is 1. The molecular formula is C10H12N4S2. The highest BCUT2D eigenvalue weighted by Crippen LogP contribution is 2.32. The minimum Gasteiger partial charge on any atom is -0.397 e. The molecule has 0 aliphatic heterocycles. The molecule has 2 rings (SSSR count). The fourth-order valence-corrected chi connectivity index (χ4v) is 2.79. The standard InChI is InChI=1S/C10H12N4S2/c1-6(2)9-13-10(16-14-9)15-8-3-4-12-5-7(8)11/h3-6H,11H2,1-2H3. The summed E-state index contributed by atoms with van der Waals surface area (Å²) >= 11 is 2.94. The highest BCUT2D eigenvalue weighted by molar-refractivity contribution is 8.01. The highest BCUT2D eigenvalue weighted by atomic mass is 32.2. The zero-order valence-electron chi connectivity index (χ0n) is 9.04. The Morgan fingerprint density at radius 3 is 2.88 bits per heavy atom. The zero-order chi connectivity index (χ0) is 11.5. The Labute approximate surface area is 102 Å². The van der Waals surface area contributed by atoms with Crippen LogP contribution < -0.4 is 5.73 Å². The fraction of sp³-hybridized carbons (Fsp3) is 0.300. The minimum absolute atomic E-state index is 0.361. The number of nitrogens with zero attached hydrogens (tertiary/aromatic N) is 3. The Morgan fingerprint density at radius 2 is 2.25 bits per heavy atom. The van der Waals surface area contributed by atoms with Crippen molar-refractivity contribution >= 4 is 29.0 Å². The molecule has 0 aliphatic rings. The summed E-state index contributed by atoms with van der Waals surface area (Å²) in [6.45, 7) is 4.16. The average molecular weight is 252 g/mol. The molecule has 0 bridgehead atoms. The lowest BCUT2D eigenvalue weighted by Gasteiger charge is -2.00. The van der Waals surface area contributed by atoms with Gasteiger partial charge in [-0.1, -0.05) is 25.6 Å². The van der Waals surface area contributed by atoms with E-state index in [1.54, 1.807) is 12.4 Å². The van der Waals surface area contributed by atoms with Gasteiger partial charge in [-0.25, -0.2) is 4.98 Å². The molecule has 2 heterocycles. The largest absolute Gasteiger partial charge is 0.397 e. The van der Waals surface area contributed by atoms with Crippen LogP contribution in [0.1, 0.15) is 25.6 Å². The van der Waals surface area contributed by atoms with Crippen LogP contribution in [0.5, 0.6) is 0 Å². The first kappa shape index (κ1) is 11.3. The van der Waals surface area contributed by atoms with Crippen LogP contribution in [0.3, 0.4) is 0 Å². The van der Waals surface area contributed by atoms with E-state index in [-0.39, 0.29) is 0 Å². The summed E-state index contributed by atoms with van der Waals surface area (Å²) in [7, 11) is 0. The van der Waals surface area contributed by atoms with Gasteiger partial charge in [0.15, 0.2) is 4.34 Å². The van der Waals surface area contributed by atoms with Crippen LogP contribution in [0.4, 0.5) is 5.69 Å². The molecule has 2 aromatic rings. The van der Waals surface area contributed by atoms with Crippen molar-refractivity contribution in [2.24, 2.45) is 0 Å². The summed E-state index contributed by atoms with van der Waals surface area (Å²) in [5, 5.41) is 0. The number of hydrogen-bond acceptors (Lipinski definition) is 6. The van der Waals surface area contributed by atoms with Gasteiger partial charge in [-0.2, -0.15) is 4.37 Å². The predicted octanol–water partition coefficient (Wildman–Crippen LogP) is 2.79. The van der Waals surface area contributed by atoms with E-state index in [2.05, 4.69) is 28.2 Å². The van der Waals surface area contributed by atoms with Gasteiger partial charge in [-0.3, -0.25) is 4.98 Å². The molecule has 2 aromatic heterocycles. The smallest absolute Gasteiger partial charge is 0.174 e. The van der Waals surface area contributed by atoms with Gasteiger partial charge in [0.2, 0.25) is 0 Å². The first-order valence-corrected chi connectivity index (χ1v) is 6.46. The predicted molar refractivity (Wildman–Crippen MR) is 66.8 cm³/mol. The molecule has 16 heavy (non-hydrogen) atoms. The van der Waals surface area contributed by atoms with E-state index in [0.717, 1.165) is 15.1 Å². The van der Waals surface area contributed by atoms with Crippen molar-refractivity contribution in [3.8, 4) is 0 Å². The van der Waals surface area contributed by atoms with Gasteiger partial charge in [-0.15, -0.1) is 0 Å². The van der Waals surface area contributed by atoms with Crippen LogP contribution in [0.25, 0.3) is 0 Å². The molecule has 0 saturated carbocycles. The fourth-order valence-electron chi connectivity index (χ4n) is 1.08. The third-order valence-electron chi connectivity index (χ3n) is 1.95. The Kier molecular flexibility index (Phi) is 3.40. The maximum atomic E-state index is 5.81. The third kappa shape index (κ3) is 2.51. The molecule has 0 fully saturated rings. The van der Waals surface area contributed by atoms with Crippen LogP contribution in [0.2, 0.25) is 0 Å². The van der Waals surface area contributed by atoms with Crippen molar-refractivity contribution in [1.82, 2.24) is 14.3 Å². The van der Waals surface area contributed by atoms with E-state index in [9.17, 15) is 0 Å². The molecule has 0 spiro atoms. The second kappa shape index (κ2) is 4.80. The Balaban J connectivity index is 2.18. The summed E-state index contributed by atoms with van der Waals surface area (Å²) in [6.07, 6.45) is 3.37. The van der Waals surface area contributed by atoms with E-state index in [1.165, 1.54) is 23.3 Å². The van der Waals surface area contributed by atoms with E-state index < -0.39 is 0 Å². The first-order valence-electron chi connectivity index (χ1n) is 4.87. The molecule has 0 unspecified atom stereocenters. The molecule has 84 valence electrons. The van der Waals surface area contributed by atoms with Gasteiger partial charge in [0.25, 0.3) is 0 Å². The summed E-state index contributed by atoms with van der Waals surface area (Å²) in [4.78, 5) is 9.36. The number of aromatic nitrogens is 3. The van der Waals surface area contributed by atoms with Gasteiger partial charge >= 0.3 is 0 Å². The molecule has 2 N–H and O–H groups in total. The molecule has 0 radical (unpaired) electrons. The van der Waals surface area contributed by atoms with E-state index in [0.29, 0.717) is 11.6 Å².